The molecule has 5 N–H and O–H groups in total. The molecule has 0 unspecified atom stereocenters. The maximum Gasteiger partial charge on any atom is 0.251 e. The highest BCUT2D eigenvalue weighted by Gasteiger charge is 2.28. The second-order valence-electron chi connectivity index (χ2n) is 4.86. The molecule has 1 aromatic heterocycles. The molecule has 0 spiro atoms. The molecule has 0 aliphatic rings. The highest BCUT2D eigenvalue weighted by molar-refractivity contribution is 7.14. The molecule has 0 saturated carbocycles. The monoisotopic (exact) mass is 255 g/mol. The van der Waals surface area contributed by atoms with E-state index in [0.717, 1.165) is 0 Å². The topological polar surface area (TPSA) is 98.2 Å². The highest BCUT2D eigenvalue weighted by Crippen LogP contribution is 2.24. The summed E-state index contributed by atoms with van der Waals surface area (Å²) in [6, 6.07) is 0.927. The van der Waals surface area contributed by atoms with Gasteiger partial charge in [0.2, 0.25) is 5.91 Å². The largest absolute Gasteiger partial charge is 0.366 e. The van der Waals surface area contributed by atoms with Crippen LogP contribution in [0.4, 0.5) is 5.00 Å². The van der Waals surface area contributed by atoms with E-state index in [1.165, 1.54) is 11.3 Å². The number of hydrogen-bond donors (Lipinski definition) is 3. The minimum Gasteiger partial charge on any atom is -0.366 e. The number of carbonyl (C=O) groups is 2. The van der Waals surface area contributed by atoms with Gasteiger partial charge >= 0.3 is 0 Å². The summed E-state index contributed by atoms with van der Waals surface area (Å²) in [7, 11) is 0. The van der Waals surface area contributed by atoms with Crippen LogP contribution in [-0.2, 0) is 4.79 Å². The van der Waals surface area contributed by atoms with Crippen molar-refractivity contribution in [3.8, 4) is 0 Å². The quantitative estimate of drug-likeness (QED) is 0.755. The normalized spacial score (nSPS) is 13.2. The van der Waals surface area contributed by atoms with Gasteiger partial charge in [-0.15, -0.1) is 11.3 Å². The average molecular weight is 255 g/mol. The van der Waals surface area contributed by atoms with E-state index in [0.29, 0.717) is 10.6 Å². The minimum atomic E-state index is -0.648. The smallest absolute Gasteiger partial charge is 0.251 e. The Kier molecular flexibility index (Phi) is 3.90. The first kappa shape index (κ1) is 13.7. The zero-order valence-electron chi connectivity index (χ0n) is 10.1. The van der Waals surface area contributed by atoms with Gasteiger partial charge in [0.05, 0.1) is 11.6 Å². The Hall–Kier alpha value is -1.40. The fourth-order valence-corrected chi connectivity index (χ4v) is 1.98. The molecular formula is C11H17N3O2S. The van der Waals surface area contributed by atoms with Crippen LogP contribution in [0, 0.1) is 5.41 Å². The van der Waals surface area contributed by atoms with Crippen molar-refractivity contribution < 1.29 is 9.59 Å². The second-order valence-corrected chi connectivity index (χ2v) is 5.78. The van der Waals surface area contributed by atoms with Gasteiger partial charge in [0.25, 0.3) is 5.91 Å². The first-order valence-corrected chi connectivity index (χ1v) is 6.05. The highest BCUT2D eigenvalue weighted by atomic mass is 32.1. The number of primary amides is 1. The molecule has 0 bridgehead atoms. The van der Waals surface area contributed by atoms with Crippen molar-refractivity contribution in [3.63, 3.8) is 0 Å². The van der Waals surface area contributed by atoms with Crippen LogP contribution in [0.5, 0.6) is 0 Å². The molecule has 17 heavy (non-hydrogen) atoms. The molecule has 0 fully saturated rings. The lowest BCUT2D eigenvalue weighted by Crippen LogP contribution is -2.45. The van der Waals surface area contributed by atoms with Gasteiger partial charge in [0.1, 0.15) is 5.00 Å². The van der Waals surface area contributed by atoms with Crippen LogP contribution in [-0.4, -0.2) is 17.9 Å². The van der Waals surface area contributed by atoms with E-state index >= 15 is 0 Å². The Bertz CT molecular complexity index is 434. The van der Waals surface area contributed by atoms with E-state index in [1.807, 2.05) is 20.8 Å². The fraction of sp³-hybridized carbons (Fsp3) is 0.455. The zero-order chi connectivity index (χ0) is 13.2. The van der Waals surface area contributed by atoms with Crippen LogP contribution in [0.2, 0.25) is 0 Å². The van der Waals surface area contributed by atoms with Crippen LogP contribution in [0.3, 0.4) is 0 Å². The lowest BCUT2D eigenvalue weighted by Gasteiger charge is -2.25. The van der Waals surface area contributed by atoms with Crippen LogP contribution < -0.4 is 16.8 Å². The molecule has 0 aliphatic carbocycles. The number of thiophene rings is 1. The van der Waals surface area contributed by atoms with Gasteiger partial charge in [-0.2, -0.15) is 0 Å². The Morgan fingerprint density at radius 1 is 1.41 bits per heavy atom. The third kappa shape index (κ3) is 3.28. The van der Waals surface area contributed by atoms with Crippen molar-refractivity contribution in [3.05, 3.63) is 17.0 Å². The Labute approximate surface area is 104 Å². The summed E-state index contributed by atoms with van der Waals surface area (Å²) in [6.07, 6.45) is 0. The lowest BCUT2D eigenvalue weighted by atomic mass is 9.87. The minimum absolute atomic E-state index is 0.310. The van der Waals surface area contributed by atoms with Gasteiger partial charge in [0.15, 0.2) is 0 Å². The van der Waals surface area contributed by atoms with E-state index in [2.05, 4.69) is 5.32 Å². The molecule has 0 saturated heterocycles. The summed E-state index contributed by atoms with van der Waals surface area (Å²) < 4.78 is 0. The molecule has 6 heteroatoms. The Morgan fingerprint density at radius 2 is 2.00 bits per heavy atom. The van der Waals surface area contributed by atoms with Crippen LogP contribution >= 0.6 is 11.3 Å². The molecule has 1 aromatic rings. The molecule has 1 rings (SSSR count). The van der Waals surface area contributed by atoms with Gasteiger partial charge < -0.3 is 16.8 Å². The first-order valence-electron chi connectivity index (χ1n) is 5.17. The summed E-state index contributed by atoms with van der Waals surface area (Å²) in [4.78, 5) is 22.9. The van der Waals surface area contributed by atoms with Gasteiger partial charge in [-0.05, 0) is 16.9 Å². The Morgan fingerprint density at radius 3 is 2.47 bits per heavy atom. The van der Waals surface area contributed by atoms with Crippen molar-refractivity contribution >= 4 is 28.2 Å². The number of anilines is 1. The first-order chi connectivity index (χ1) is 7.73. The Balaban J connectivity index is 2.82. The van der Waals surface area contributed by atoms with E-state index in [-0.39, 0.29) is 11.3 Å². The van der Waals surface area contributed by atoms with E-state index < -0.39 is 11.9 Å². The summed E-state index contributed by atoms with van der Waals surface area (Å²) in [5.74, 6) is -0.881. The molecule has 0 aromatic carbocycles. The van der Waals surface area contributed by atoms with Crippen molar-refractivity contribution in [1.82, 2.24) is 0 Å². The van der Waals surface area contributed by atoms with Gasteiger partial charge in [0, 0.05) is 0 Å². The zero-order valence-corrected chi connectivity index (χ0v) is 10.9. The third-order valence-corrected chi connectivity index (χ3v) is 3.21. The summed E-state index contributed by atoms with van der Waals surface area (Å²) in [5, 5.41) is 4.77. The number of rotatable bonds is 3. The standard InChI is InChI=1S/C11H17N3O2S/c1-11(2,3)7(12)9(16)14-10-6(8(13)15)4-5-17-10/h4-5,7H,12H2,1-3H3,(H2,13,15)(H,14,16)/t7-/m0/s1. The van der Waals surface area contributed by atoms with Crippen molar-refractivity contribution in [2.75, 3.05) is 5.32 Å². The second kappa shape index (κ2) is 4.85. The van der Waals surface area contributed by atoms with Crippen LogP contribution in [0.15, 0.2) is 11.4 Å². The van der Waals surface area contributed by atoms with E-state index in [9.17, 15) is 9.59 Å². The van der Waals surface area contributed by atoms with Gasteiger partial charge in [-0.1, -0.05) is 20.8 Å². The SMILES string of the molecule is CC(C)(C)[C@@H](N)C(=O)Nc1sccc1C(N)=O. The van der Waals surface area contributed by atoms with E-state index in [4.69, 9.17) is 11.5 Å². The number of nitrogens with one attached hydrogen (secondary N) is 1. The molecule has 2 amide bonds. The maximum atomic E-state index is 11.9. The maximum absolute atomic E-state index is 11.9. The fourth-order valence-electron chi connectivity index (χ4n) is 1.18. The molecule has 1 heterocycles. The number of carbonyl (C=O) groups excluding carboxylic acids is 2. The summed E-state index contributed by atoms with van der Waals surface area (Å²) in [6.45, 7) is 5.63. The van der Waals surface area contributed by atoms with Gasteiger partial charge in [-0.25, -0.2) is 0 Å². The van der Waals surface area contributed by atoms with Crippen molar-refractivity contribution in [2.24, 2.45) is 16.9 Å². The third-order valence-electron chi connectivity index (χ3n) is 2.38. The summed E-state index contributed by atoms with van der Waals surface area (Å²) >= 11 is 1.25. The average Bonchev–Trinajstić information content (AvgIpc) is 2.63. The van der Waals surface area contributed by atoms with E-state index in [1.54, 1.807) is 11.4 Å². The molecule has 1 atom stereocenters. The number of amides is 2. The number of hydrogen-bond acceptors (Lipinski definition) is 4. The molecule has 94 valence electrons. The van der Waals surface area contributed by atoms with Crippen molar-refractivity contribution in [2.45, 2.75) is 26.8 Å². The lowest BCUT2D eigenvalue weighted by molar-refractivity contribution is -0.119. The predicted octanol–water partition coefficient (Wildman–Crippen LogP) is 1.16. The van der Waals surface area contributed by atoms with Crippen LogP contribution in [0.1, 0.15) is 31.1 Å². The molecule has 0 aliphatic heterocycles. The van der Waals surface area contributed by atoms with Crippen molar-refractivity contribution in [1.29, 1.82) is 0 Å². The van der Waals surface area contributed by atoms with Crippen LogP contribution in [0.25, 0.3) is 0 Å². The molecule has 0 radical (unpaired) electrons. The molecular weight excluding hydrogens is 238 g/mol. The van der Waals surface area contributed by atoms with Gasteiger partial charge in [-0.3, -0.25) is 9.59 Å². The predicted molar refractivity (Wildman–Crippen MR) is 68.9 cm³/mol. The number of nitrogens with two attached hydrogens (primary N) is 2. The molecule has 5 nitrogen and oxygen atoms in total. The summed E-state index contributed by atoms with van der Waals surface area (Å²) in [5.41, 5.74) is 11.0.